The molecule has 4 heteroatoms. The summed E-state index contributed by atoms with van der Waals surface area (Å²) in [5.41, 5.74) is 8.78. The molecule has 5 rings (SSSR count). The number of carbonyl (C=O) groups is 1. The summed E-state index contributed by atoms with van der Waals surface area (Å²) in [6.07, 6.45) is 3.84. The molecule has 30 heavy (non-hydrogen) atoms. The maximum atomic E-state index is 11.4. The average Bonchev–Trinajstić information content (AvgIpc) is 3.12. The van der Waals surface area contributed by atoms with Crippen molar-refractivity contribution in [1.29, 1.82) is 0 Å². The van der Waals surface area contributed by atoms with Gasteiger partial charge in [-0.25, -0.2) is 4.79 Å². The lowest BCUT2D eigenvalue weighted by Gasteiger charge is -2.18. The molecule has 0 spiro atoms. The Hall–Kier alpha value is -3.53. The normalized spacial score (nSPS) is 12.6. The summed E-state index contributed by atoms with van der Waals surface area (Å²) in [4.78, 5) is 14.9. The Bertz CT molecular complexity index is 1280. The van der Waals surface area contributed by atoms with E-state index in [2.05, 4.69) is 54.4 Å². The van der Waals surface area contributed by atoms with Crippen molar-refractivity contribution < 1.29 is 15.0 Å². The fourth-order valence-corrected chi connectivity index (χ4v) is 4.58. The molecule has 3 aromatic carbocycles. The van der Waals surface area contributed by atoms with Gasteiger partial charge in [-0.1, -0.05) is 49.7 Å². The van der Waals surface area contributed by atoms with Crippen LogP contribution in [0.3, 0.4) is 0 Å². The van der Waals surface area contributed by atoms with Crippen LogP contribution >= 0.6 is 0 Å². The van der Waals surface area contributed by atoms with Crippen molar-refractivity contribution in [3.8, 4) is 28.1 Å². The number of nitrogens with one attached hydrogen (secondary N) is 1. The third-order valence-electron chi connectivity index (χ3n) is 6.10. The van der Waals surface area contributed by atoms with Crippen LogP contribution in [0.4, 0.5) is 0 Å². The second-order valence-electron chi connectivity index (χ2n) is 8.02. The van der Waals surface area contributed by atoms with E-state index < -0.39 is 5.97 Å². The Morgan fingerprint density at radius 1 is 1.00 bits per heavy atom. The molecule has 0 atom stereocenters. The van der Waals surface area contributed by atoms with Crippen molar-refractivity contribution in [3.63, 3.8) is 0 Å². The number of phenols is 1. The van der Waals surface area contributed by atoms with E-state index in [1.54, 1.807) is 12.1 Å². The summed E-state index contributed by atoms with van der Waals surface area (Å²) < 4.78 is 0. The molecule has 0 amide bonds. The number of aromatic nitrogens is 1. The zero-order valence-corrected chi connectivity index (χ0v) is 16.8. The molecule has 4 aromatic rings. The second kappa shape index (κ2) is 7.06. The first kappa shape index (κ1) is 18.5. The molecular formula is C26H23NO3. The molecule has 0 bridgehead atoms. The first-order valence-corrected chi connectivity index (χ1v) is 10.4. The second-order valence-corrected chi connectivity index (χ2v) is 8.02. The lowest BCUT2D eigenvalue weighted by molar-refractivity contribution is 0.0693. The number of benzene rings is 3. The van der Waals surface area contributed by atoms with Gasteiger partial charge < -0.3 is 15.2 Å². The molecular weight excluding hydrogens is 374 g/mol. The molecule has 4 nitrogen and oxygen atoms in total. The first-order valence-electron chi connectivity index (χ1n) is 10.4. The van der Waals surface area contributed by atoms with Crippen LogP contribution in [-0.2, 0) is 19.3 Å². The highest BCUT2D eigenvalue weighted by molar-refractivity contribution is 5.97. The van der Waals surface area contributed by atoms with Crippen molar-refractivity contribution in [3.05, 3.63) is 76.9 Å². The minimum atomic E-state index is -1.10. The topological polar surface area (TPSA) is 73.3 Å². The largest absolute Gasteiger partial charge is 0.507 e. The van der Waals surface area contributed by atoms with E-state index in [4.69, 9.17) is 0 Å². The number of aromatic hydroxyl groups is 1. The van der Waals surface area contributed by atoms with Crippen LogP contribution in [0.1, 0.15) is 40.4 Å². The van der Waals surface area contributed by atoms with Crippen LogP contribution in [0, 0.1) is 0 Å². The molecule has 0 unspecified atom stereocenters. The SMILES string of the molecule is CCCc1ccc(-c2ccc3c4c([nH]c3c2)-c2cc(O)c(C(=O)O)cc2CC4)cc1. The van der Waals surface area contributed by atoms with Crippen LogP contribution in [0.5, 0.6) is 5.75 Å². The van der Waals surface area contributed by atoms with Crippen molar-refractivity contribution >= 4 is 16.9 Å². The highest BCUT2D eigenvalue weighted by Crippen LogP contribution is 2.41. The van der Waals surface area contributed by atoms with Gasteiger partial charge in [0.25, 0.3) is 0 Å². The monoisotopic (exact) mass is 397 g/mol. The molecule has 1 heterocycles. The zero-order chi connectivity index (χ0) is 20.8. The van der Waals surface area contributed by atoms with Crippen LogP contribution < -0.4 is 0 Å². The quantitative estimate of drug-likeness (QED) is 0.398. The maximum Gasteiger partial charge on any atom is 0.339 e. The Morgan fingerprint density at radius 2 is 1.77 bits per heavy atom. The van der Waals surface area contributed by atoms with E-state index in [1.165, 1.54) is 22.1 Å². The number of rotatable bonds is 4. The predicted molar refractivity (Wildman–Crippen MR) is 119 cm³/mol. The van der Waals surface area contributed by atoms with E-state index in [-0.39, 0.29) is 11.3 Å². The lowest BCUT2D eigenvalue weighted by atomic mass is 9.87. The third kappa shape index (κ3) is 2.96. The fraction of sp³-hybridized carbons (Fsp3) is 0.192. The number of carboxylic acids is 1. The van der Waals surface area contributed by atoms with Crippen LogP contribution in [0.15, 0.2) is 54.6 Å². The van der Waals surface area contributed by atoms with Crippen LogP contribution in [-0.4, -0.2) is 21.2 Å². The summed E-state index contributed by atoms with van der Waals surface area (Å²) in [7, 11) is 0. The molecule has 0 aliphatic heterocycles. The lowest BCUT2D eigenvalue weighted by Crippen LogP contribution is -2.06. The minimum absolute atomic E-state index is 0.0397. The molecule has 1 aliphatic carbocycles. The number of H-pyrrole nitrogens is 1. The Morgan fingerprint density at radius 3 is 2.50 bits per heavy atom. The molecule has 0 fully saturated rings. The molecule has 150 valence electrons. The number of hydrogen-bond donors (Lipinski definition) is 3. The predicted octanol–water partition coefficient (Wildman–Crippen LogP) is 5.96. The molecule has 1 aromatic heterocycles. The van der Waals surface area contributed by atoms with Gasteiger partial charge in [-0.3, -0.25) is 0 Å². The third-order valence-corrected chi connectivity index (χ3v) is 6.10. The first-order chi connectivity index (χ1) is 14.5. The van der Waals surface area contributed by atoms with E-state index in [0.717, 1.165) is 53.6 Å². The highest BCUT2D eigenvalue weighted by atomic mass is 16.4. The summed E-state index contributed by atoms with van der Waals surface area (Å²) in [5, 5.41) is 20.7. The van der Waals surface area contributed by atoms with Gasteiger partial charge in [-0.2, -0.15) is 0 Å². The highest BCUT2D eigenvalue weighted by Gasteiger charge is 2.24. The van der Waals surface area contributed by atoms with Crippen LogP contribution in [0.25, 0.3) is 33.3 Å². The van der Waals surface area contributed by atoms with Gasteiger partial charge in [0.15, 0.2) is 0 Å². The molecule has 0 radical (unpaired) electrons. The molecule has 3 N–H and O–H groups in total. The number of hydrogen-bond acceptors (Lipinski definition) is 2. The minimum Gasteiger partial charge on any atom is -0.507 e. The maximum absolute atomic E-state index is 11.4. The Kier molecular flexibility index (Phi) is 4.35. The van der Waals surface area contributed by atoms with Gasteiger partial charge in [0.2, 0.25) is 0 Å². The number of aryl methyl sites for hydroxylation is 3. The van der Waals surface area contributed by atoms with Crippen molar-refractivity contribution in [1.82, 2.24) is 4.98 Å². The summed E-state index contributed by atoms with van der Waals surface area (Å²) in [5.74, 6) is -1.30. The average molecular weight is 397 g/mol. The summed E-state index contributed by atoms with van der Waals surface area (Å²) >= 11 is 0. The van der Waals surface area contributed by atoms with E-state index in [9.17, 15) is 15.0 Å². The van der Waals surface area contributed by atoms with Crippen molar-refractivity contribution in [2.24, 2.45) is 0 Å². The van der Waals surface area contributed by atoms with Crippen LogP contribution in [0.2, 0.25) is 0 Å². The van der Waals surface area contributed by atoms with E-state index >= 15 is 0 Å². The van der Waals surface area contributed by atoms with Gasteiger partial charge in [-0.15, -0.1) is 0 Å². The number of fused-ring (bicyclic) bond motifs is 5. The Labute approximate surface area is 174 Å². The van der Waals surface area contributed by atoms with Crippen molar-refractivity contribution in [2.75, 3.05) is 0 Å². The summed E-state index contributed by atoms with van der Waals surface area (Å²) in [6, 6.07) is 18.4. The summed E-state index contributed by atoms with van der Waals surface area (Å²) in [6.45, 7) is 2.19. The van der Waals surface area contributed by atoms with Gasteiger partial charge in [0.05, 0.1) is 5.69 Å². The number of aromatic carboxylic acids is 1. The molecule has 0 saturated carbocycles. The van der Waals surface area contributed by atoms with Gasteiger partial charge >= 0.3 is 5.97 Å². The molecule has 0 saturated heterocycles. The van der Waals surface area contributed by atoms with E-state index in [1.807, 2.05) is 0 Å². The zero-order valence-electron chi connectivity index (χ0n) is 16.8. The molecule has 1 aliphatic rings. The fourth-order valence-electron chi connectivity index (χ4n) is 4.58. The van der Waals surface area contributed by atoms with Gasteiger partial charge in [0, 0.05) is 16.5 Å². The number of aromatic amines is 1. The standard InChI is InChI=1S/C26H23NO3/c1-2-3-15-4-6-16(7-5-15)17-8-10-19-20-11-9-18-12-22(26(29)30)24(28)14-21(18)25(20)27-23(19)13-17/h4-8,10,12-14,27-28H,2-3,9,11H2,1H3,(H,29,30). The number of carboxylic acid groups (broad SMARTS) is 1. The van der Waals surface area contributed by atoms with E-state index in [0.29, 0.717) is 0 Å². The van der Waals surface area contributed by atoms with Gasteiger partial charge in [-0.05, 0) is 65.3 Å². The smallest absolute Gasteiger partial charge is 0.339 e. The Balaban J connectivity index is 1.59. The van der Waals surface area contributed by atoms with Gasteiger partial charge in [0.1, 0.15) is 11.3 Å². The van der Waals surface area contributed by atoms with Crippen molar-refractivity contribution in [2.45, 2.75) is 32.6 Å².